The summed E-state index contributed by atoms with van der Waals surface area (Å²) in [6, 6.07) is 18.2. The number of urea groups is 1. The predicted molar refractivity (Wildman–Crippen MR) is 106 cm³/mol. The van der Waals surface area contributed by atoms with Crippen LogP contribution in [0.2, 0.25) is 0 Å². The predicted octanol–water partition coefficient (Wildman–Crippen LogP) is 3.99. The molecule has 1 N–H and O–H groups in total. The first-order chi connectivity index (χ1) is 13.3. The first kappa shape index (κ1) is 17.3. The number of piperidine rings is 1. The number of hydrogen-bond donors (Lipinski definition) is 1. The van der Waals surface area contributed by atoms with Gasteiger partial charge in [-0.3, -0.25) is 4.98 Å². The Morgan fingerprint density at radius 1 is 1.04 bits per heavy atom. The van der Waals surface area contributed by atoms with Crippen LogP contribution in [-0.2, 0) is 6.54 Å². The molecule has 5 heteroatoms. The fraction of sp³-hybridized carbons (Fsp3) is 0.273. The summed E-state index contributed by atoms with van der Waals surface area (Å²) in [5.74, 6) is 0.837. The summed E-state index contributed by atoms with van der Waals surface area (Å²) in [5, 5.41) is 5.44. The summed E-state index contributed by atoms with van der Waals surface area (Å²) in [4.78, 5) is 18.4. The van der Waals surface area contributed by atoms with Gasteiger partial charge in [-0.05, 0) is 28.5 Å². The van der Waals surface area contributed by atoms with E-state index in [1.807, 2.05) is 35.2 Å². The van der Waals surface area contributed by atoms with Crippen molar-refractivity contribution in [3.05, 3.63) is 72.6 Å². The molecule has 138 valence electrons. The minimum absolute atomic E-state index is 0.00899. The summed E-state index contributed by atoms with van der Waals surface area (Å²) >= 11 is 0. The van der Waals surface area contributed by atoms with Gasteiger partial charge in [-0.25, -0.2) is 4.79 Å². The van der Waals surface area contributed by atoms with Crippen molar-refractivity contribution in [2.75, 3.05) is 13.1 Å². The molecule has 27 heavy (non-hydrogen) atoms. The van der Waals surface area contributed by atoms with Gasteiger partial charge in [0.1, 0.15) is 11.9 Å². The Balaban J connectivity index is 1.29. The van der Waals surface area contributed by atoms with Crippen LogP contribution in [0.4, 0.5) is 4.79 Å². The number of aromatic nitrogens is 1. The Hall–Kier alpha value is -3.08. The average Bonchev–Trinajstić information content (AvgIpc) is 2.73. The van der Waals surface area contributed by atoms with E-state index in [0.717, 1.165) is 24.2 Å². The molecule has 2 amide bonds. The average molecular weight is 361 g/mol. The summed E-state index contributed by atoms with van der Waals surface area (Å²) in [7, 11) is 0. The highest BCUT2D eigenvalue weighted by Crippen LogP contribution is 2.20. The van der Waals surface area contributed by atoms with Crippen molar-refractivity contribution in [3.63, 3.8) is 0 Å². The molecule has 1 aromatic heterocycles. The molecule has 0 saturated carbocycles. The number of carbonyl (C=O) groups excluding carboxylic acids is 1. The van der Waals surface area contributed by atoms with E-state index >= 15 is 0 Å². The van der Waals surface area contributed by atoms with Crippen LogP contribution in [0.3, 0.4) is 0 Å². The van der Waals surface area contributed by atoms with Gasteiger partial charge >= 0.3 is 6.03 Å². The third-order valence-electron chi connectivity index (χ3n) is 4.99. The third-order valence-corrected chi connectivity index (χ3v) is 4.99. The lowest BCUT2D eigenvalue weighted by atomic mass is 10.0. The molecule has 1 fully saturated rings. The van der Waals surface area contributed by atoms with Crippen LogP contribution in [0.15, 0.2) is 67.0 Å². The Labute approximate surface area is 159 Å². The first-order valence-corrected chi connectivity index (χ1v) is 9.36. The number of carbonyl (C=O) groups is 1. The van der Waals surface area contributed by atoms with Gasteiger partial charge in [-0.2, -0.15) is 0 Å². The number of hydrogen-bond acceptors (Lipinski definition) is 3. The van der Waals surface area contributed by atoms with E-state index in [4.69, 9.17) is 4.74 Å². The molecule has 4 rings (SSSR count). The molecule has 0 unspecified atom stereocenters. The zero-order valence-electron chi connectivity index (χ0n) is 15.2. The lowest BCUT2D eigenvalue weighted by Gasteiger charge is -2.32. The van der Waals surface area contributed by atoms with E-state index < -0.39 is 0 Å². The van der Waals surface area contributed by atoms with Crippen molar-refractivity contribution in [2.24, 2.45) is 0 Å². The van der Waals surface area contributed by atoms with E-state index in [9.17, 15) is 4.79 Å². The number of fused-ring (bicyclic) bond motifs is 1. The zero-order chi connectivity index (χ0) is 18.5. The number of pyridine rings is 1. The maximum absolute atomic E-state index is 12.5. The van der Waals surface area contributed by atoms with Crippen LogP contribution in [0, 0.1) is 0 Å². The Bertz CT molecular complexity index is 900. The number of benzene rings is 2. The monoisotopic (exact) mass is 361 g/mol. The molecule has 2 aromatic carbocycles. The molecular formula is C22H23N3O2. The van der Waals surface area contributed by atoms with Gasteiger partial charge in [0, 0.05) is 44.9 Å². The zero-order valence-corrected chi connectivity index (χ0v) is 15.2. The maximum Gasteiger partial charge on any atom is 0.317 e. The van der Waals surface area contributed by atoms with Crippen molar-refractivity contribution < 1.29 is 9.53 Å². The van der Waals surface area contributed by atoms with Crippen LogP contribution >= 0.6 is 0 Å². The van der Waals surface area contributed by atoms with Crippen molar-refractivity contribution in [1.29, 1.82) is 0 Å². The smallest absolute Gasteiger partial charge is 0.317 e. The van der Waals surface area contributed by atoms with Gasteiger partial charge in [0.05, 0.1) is 0 Å². The summed E-state index contributed by atoms with van der Waals surface area (Å²) in [6.07, 6.45) is 5.28. The molecule has 0 bridgehead atoms. The second-order valence-electron chi connectivity index (χ2n) is 6.78. The Morgan fingerprint density at radius 2 is 1.78 bits per heavy atom. The van der Waals surface area contributed by atoms with Crippen LogP contribution < -0.4 is 10.1 Å². The SMILES string of the molecule is O=C(NCc1cccc2ccccc12)N1CCC(Oc2ccncc2)CC1. The van der Waals surface area contributed by atoms with Crippen molar-refractivity contribution in [2.45, 2.75) is 25.5 Å². The number of likely N-dealkylation sites (tertiary alicyclic amines) is 1. The molecule has 5 nitrogen and oxygen atoms in total. The van der Waals surface area contributed by atoms with Gasteiger partial charge < -0.3 is 15.0 Å². The van der Waals surface area contributed by atoms with Crippen LogP contribution in [0.5, 0.6) is 5.75 Å². The van der Waals surface area contributed by atoms with Gasteiger partial charge in [-0.1, -0.05) is 42.5 Å². The third kappa shape index (κ3) is 4.19. The molecule has 0 aliphatic carbocycles. The van der Waals surface area contributed by atoms with E-state index in [2.05, 4.69) is 34.6 Å². The first-order valence-electron chi connectivity index (χ1n) is 9.36. The van der Waals surface area contributed by atoms with Gasteiger partial charge in [0.15, 0.2) is 0 Å². The molecule has 2 heterocycles. The Morgan fingerprint density at radius 3 is 2.59 bits per heavy atom. The topological polar surface area (TPSA) is 54.5 Å². The standard InChI is InChI=1S/C22H23N3O2/c26-22(24-16-18-6-3-5-17-4-1-2-7-21(17)18)25-14-10-20(11-15-25)27-19-8-12-23-13-9-19/h1-9,12-13,20H,10-11,14-16H2,(H,24,26). The summed E-state index contributed by atoms with van der Waals surface area (Å²) in [5.41, 5.74) is 1.14. The van der Waals surface area contributed by atoms with Crippen LogP contribution in [-0.4, -0.2) is 35.1 Å². The van der Waals surface area contributed by atoms with E-state index in [0.29, 0.717) is 19.6 Å². The number of nitrogens with zero attached hydrogens (tertiary/aromatic N) is 2. The lowest BCUT2D eigenvalue weighted by molar-refractivity contribution is 0.111. The Kier molecular flexibility index (Phi) is 5.19. The number of amides is 2. The number of rotatable bonds is 4. The van der Waals surface area contributed by atoms with Crippen LogP contribution in [0.1, 0.15) is 18.4 Å². The lowest BCUT2D eigenvalue weighted by Crippen LogP contribution is -2.46. The molecule has 1 saturated heterocycles. The molecular weight excluding hydrogens is 338 g/mol. The van der Waals surface area contributed by atoms with Gasteiger partial charge in [0.2, 0.25) is 0 Å². The van der Waals surface area contributed by atoms with Gasteiger partial charge in [0.25, 0.3) is 0 Å². The largest absolute Gasteiger partial charge is 0.490 e. The highest BCUT2D eigenvalue weighted by molar-refractivity contribution is 5.86. The molecule has 0 atom stereocenters. The summed E-state index contributed by atoms with van der Waals surface area (Å²) in [6.45, 7) is 1.95. The fourth-order valence-electron chi connectivity index (χ4n) is 3.52. The van der Waals surface area contributed by atoms with E-state index in [1.165, 1.54) is 10.8 Å². The molecule has 0 spiro atoms. The molecule has 1 aliphatic rings. The quantitative estimate of drug-likeness (QED) is 0.764. The fourth-order valence-corrected chi connectivity index (χ4v) is 3.52. The van der Waals surface area contributed by atoms with Crippen LogP contribution in [0.25, 0.3) is 10.8 Å². The number of ether oxygens (including phenoxy) is 1. The van der Waals surface area contributed by atoms with Gasteiger partial charge in [-0.15, -0.1) is 0 Å². The highest BCUT2D eigenvalue weighted by atomic mass is 16.5. The van der Waals surface area contributed by atoms with Crippen molar-refractivity contribution in [1.82, 2.24) is 15.2 Å². The molecule has 3 aromatic rings. The minimum Gasteiger partial charge on any atom is -0.490 e. The second kappa shape index (κ2) is 8.08. The number of nitrogens with one attached hydrogen (secondary N) is 1. The minimum atomic E-state index is -0.00899. The summed E-state index contributed by atoms with van der Waals surface area (Å²) < 4.78 is 5.96. The van der Waals surface area contributed by atoms with E-state index in [1.54, 1.807) is 12.4 Å². The highest BCUT2D eigenvalue weighted by Gasteiger charge is 2.23. The van der Waals surface area contributed by atoms with E-state index in [-0.39, 0.29) is 12.1 Å². The van der Waals surface area contributed by atoms with Crippen molar-refractivity contribution >= 4 is 16.8 Å². The molecule has 1 aliphatic heterocycles. The second-order valence-corrected chi connectivity index (χ2v) is 6.78. The molecule has 0 radical (unpaired) electrons. The normalized spacial score (nSPS) is 14.9. The van der Waals surface area contributed by atoms with Crippen molar-refractivity contribution in [3.8, 4) is 5.75 Å². The maximum atomic E-state index is 12.5.